The molecular formula is C22H18N2O2S. The van der Waals surface area contributed by atoms with E-state index in [4.69, 9.17) is 12.2 Å². The van der Waals surface area contributed by atoms with E-state index in [1.54, 1.807) is 12.2 Å². The first-order valence-corrected chi connectivity index (χ1v) is 8.82. The summed E-state index contributed by atoms with van der Waals surface area (Å²) in [4.78, 5) is 26.0. The number of nitrogens with zero attached hydrogens (tertiary/aromatic N) is 1. The highest BCUT2D eigenvalue weighted by Crippen LogP contribution is 2.16. The molecule has 0 atom stereocenters. The minimum absolute atomic E-state index is 0.0537. The Bertz CT molecular complexity index is 944. The Kier molecular flexibility index (Phi) is 5.74. The van der Waals surface area contributed by atoms with Gasteiger partial charge in [0.05, 0.1) is 0 Å². The number of thiocarbonyl (C=S) groups is 1. The van der Waals surface area contributed by atoms with Crippen LogP contribution in [0.25, 0.3) is 18.2 Å². The number of carbonyl (C=O) groups excluding carboxylic acids is 2. The fraction of sp³-hybridized carbons (Fsp3) is 0.0455. The average Bonchev–Trinajstić information content (AvgIpc) is 2.68. The molecular weight excluding hydrogens is 356 g/mol. The molecule has 4 nitrogen and oxygen atoms in total. The van der Waals surface area contributed by atoms with Gasteiger partial charge >= 0.3 is 0 Å². The van der Waals surface area contributed by atoms with E-state index in [0.29, 0.717) is 0 Å². The fourth-order valence-corrected chi connectivity index (χ4v) is 2.87. The third-order valence-corrected chi connectivity index (χ3v) is 4.34. The Morgan fingerprint density at radius 3 is 2.15 bits per heavy atom. The van der Waals surface area contributed by atoms with Crippen LogP contribution in [0.15, 0.2) is 72.8 Å². The van der Waals surface area contributed by atoms with Crippen LogP contribution in [0.2, 0.25) is 0 Å². The Morgan fingerprint density at radius 2 is 1.52 bits per heavy atom. The van der Waals surface area contributed by atoms with Crippen LogP contribution in [0.4, 0.5) is 0 Å². The molecule has 0 radical (unpaired) electrons. The van der Waals surface area contributed by atoms with Crippen LogP contribution < -0.4 is 5.32 Å². The maximum atomic E-state index is 12.5. The Hall–Kier alpha value is -3.31. The van der Waals surface area contributed by atoms with Gasteiger partial charge in [-0.15, -0.1) is 6.58 Å². The number of amides is 2. The van der Waals surface area contributed by atoms with Crippen molar-refractivity contribution in [3.05, 3.63) is 89.5 Å². The van der Waals surface area contributed by atoms with Crippen molar-refractivity contribution >= 4 is 47.4 Å². The summed E-state index contributed by atoms with van der Waals surface area (Å²) in [5.74, 6) is -0.907. The highest BCUT2D eigenvalue weighted by atomic mass is 32.1. The van der Waals surface area contributed by atoms with Crippen LogP contribution in [-0.4, -0.2) is 28.4 Å². The van der Waals surface area contributed by atoms with Crippen molar-refractivity contribution in [2.45, 2.75) is 0 Å². The second-order valence-corrected chi connectivity index (χ2v) is 6.32. The predicted molar refractivity (Wildman–Crippen MR) is 112 cm³/mol. The molecule has 1 heterocycles. The number of hydrogen-bond donors (Lipinski definition) is 1. The molecule has 0 spiro atoms. The van der Waals surface area contributed by atoms with Crippen molar-refractivity contribution in [2.24, 2.45) is 0 Å². The summed E-state index contributed by atoms with van der Waals surface area (Å²) in [6.07, 6.45) is 7.17. The fourth-order valence-electron chi connectivity index (χ4n) is 2.62. The lowest BCUT2D eigenvalue weighted by Crippen LogP contribution is -2.53. The zero-order valence-corrected chi connectivity index (χ0v) is 15.4. The highest BCUT2D eigenvalue weighted by Gasteiger charge is 2.32. The first kappa shape index (κ1) is 18.5. The van der Waals surface area contributed by atoms with Crippen molar-refractivity contribution < 1.29 is 9.59 Å². The molecule has 0 unspecified atom stereocenters. The Morgan fingerprint density at radius 1 is 0.926 bits per heavy atom. The molecule has 5 heteroatoms. The van der Waals surface area contributed by atoms with E-state index in [0.717, 1.165) is 16.7 Å². The molecule has 1 aliphatic heterocycles. The van der Waals surface area contributed by atoms with E-state index in [9.17, 15) is 9.59 Å². The van der Waals surface area contributed by atoms with E-state index in [1.807, 2.05) is 66.7 Å². The van der Waals surface area contributed by atoms with E-state index < -0.39 is 11.8 Å². The van der Waals surface area contributed by atoms with Gasteiger partial charge in [-0.25, -0.2) is 0 Å². The third-order valence-electron chi connectivity index (χ3n) is 4.01. The standard InChI is InChI=1S/C22H18N2O2S/c1-2-14-24-21(26)19(20(25)23-22(24)27)15-18-12-10-17(11-13-18)9-8-16-6-4-3-5-7-16/h2-13,15H,1,14H2,(H,23,25,27)/b9-8+,19-15+. The molecule has 0 aromatic heterocycles. The van der Waals surface area contributed by atoms with Gasteiger partial charge in [-0.05, 0) is 35.0 Å². The van der Waals surface area contributed by atoms with Gasteiger partial charge in [0.15, 0.2) is 5.11 Å². The lowest BCUT2D eigenvalue weighted by Gasteiger charge is -2.27. The van der Waals surface area contributed by atoms with Crippen LogP contribution in [-0.2, 0) is 9.59 Å². The largest absolute Gasteiger partial charge is 0.298 e. The minimum Gasteiger partial charge on any atom is -0.298 e. The molecule has 2 amide bonds. The van der Waals surface area contributed by atoms with Crippen molar-refractivity contribution in [1.29, 1.82) is 0 Å². The van der Waals surface area contributed by atoms with Gasteiger partial charge in [0, 0.05) is 6.54 Å². The molecule has 3 rings (SSSR count). The monoisotopic (exact) mass is 374 g/mol. The number of rotatable bonds is 5. The molecule has 1 N–H and O–H groups in total. The molecule has 0 bridgehead atoms. The van der Waals surface area contributed by atoms with Crippen LogP contribution >= 0.6 is 12.2 Å². The summed E-state index contributed by atoms with van der Waals surface area (Å²) in [7, 11) is 0. The van der Waals surface area contributed by atoms with Gasteiger partial charge < -0.3 is 0 Å². The van der Waals surface area contributed by atoms with E-state index >= 15 is 0 Å². The molecule has 0 aliphatic carbocycles. The zero-order valence-electron chi connectivity index (χ0n) is 14.6. The molecule has 1 aliphatic rings. The van der Waals surface area contributed by atoms with Gasteiger partial charge in [-0.2, -0.15) is 0 Å². The lowest BCUT2D eigenvalue weighted by atomic mass is 10.1. The van der Waals surface area contributed by atoms with Crippen molar-refractivity contribution in [1.82, 2.24) is 10.2 Å². The van der Waals surface area contributed by atoms with Crippen molar-refractivity contribution in [3.63, 3.8) is 0 Å². The maximum Gasteiger partial charge on any atom is 0.265 e. The summed E-state index contributed by atoms with van der Waals surface area (Å²) >= 11 is 5.04. The second kappa shape index (κ2) is 8.38. The smallest absolute Gasteiger partial charge is 0.265 e. The SMILES string of the molecule is C=CCN1C(=O)/C(=C/c2ccc(/C=C/c3ccccc3)cc2)C(=O)NC1=S. The second-order valence-electron chi connectivity index (χ2n) is 5.93. The first-order chi connectivity index (χ1) is 13.1. The Labute approximate surface area is 163 Å². The summed E-state index contributed by atoms with van der Waals surface area (Å²) in [5, 5.41) is 2.64. The minimum atomic E-state index is -0.488. The third kappa shape index (κ3) is 4.46. The molecule has 2 aromatic rings. The molecule has 1 saturated heterocycles. The number of hydrogen-bond acceptors (Lipinski definition) is 3. The van der Waals surface area contributed by atoms with Gasteiger partial charge in [-0.1, -0.05) is 72.8 Å². The average molecular weight is 374 g/mol. The molecule has 0 saturated carbocycles. The summed E-state index contributed by atoms with van der Waals surface area (Å²) in [6, 6.07) is 17.6. The van der Waals surface area contributed by atoms with Gasteiger partial charge in [0.25, 0.3) is 11.8 Å². The number of benzene rings is 2. The summed E-state index contributed by atoms with van der Waals surface area (Å²) in [6.45, 7) is 3.86. The zero-order chi connectivity index (χ0) is 19.2. The van der Waals surface area contributed by atoms with Crippen LogP contribution in [0.3, 0.4) is 0 Å². The van der Waals surface area contributed by atoms with E-state index in [-0.39, 0.29) is 17.2 Å². The summed E-state index contributed by atoms with van der Waals surface area (Å²) in [5.41, 5.74) is 2.95. The van der Waals surface area contributed by atoms with Crippen molar-refractivity contribution in [2.75, 3.05) is 6.54 Å². The van der Waals surface area contributed by atoms with Gasteiger partial charge in [0.2, 0.25) is 0 Å². The summed E-state index contributed by atoms with van der Waals surface area (Å²) < 4.78 is 0. The quantitative estimate of drug-likeness (QED) is 0.286. The van der Waals surface area contributed by atoms with Crippen LogP contribution in [0.1, 0.15) is 16.7 Å². The van der Waals surface area contributed by atoms with E-state index in [1.165, 1.54) is 4.90 Å². The Balaban J connectivity index is 1.79. The first-order valence-electron chi connectivity index (χ1n) is 8.41. The maximum absolute atomic E-state index is 12.5. The van der Waals surface area contributed by atoms with Crippen molar-refractivity contribution in [3.8, 4) is 0 Å². The topological polar surface area (TPSA) is 49.4 Å². The molecule has 134 valence electrons. The van der Waals surface area contributed by atoms with Crippen LogP contribution in [0.5, 0.6) is 0 Å². The highest BCUT2D eigenvalue weighted by molar-refractivity contribution is 7.80. The lowest BCUT2D eigenvalue weighted by molar-refractivity contribution is -0.128. The normalized spacial score (nSPS) is 16.1. The molecule has 1 fully saturated rings. The molecule has 2 aromatic carbocycles. The van der Waals surface area contributed by atoms with Gasteiger partial charge in [-0.3, -0.25) is 19.8 Å². The van der Waals surface area contributed by atoms with E-state index in [2.05, 4.69) is 11.9 Å². The van der Waals surface area contributed by atoms with Gasteiger partial charge in [0.1, 0.15) is 5.57 Å². The van der Waals surface area contributed by atoms with Crippen LogP contribution in [0, 0.1) is 0 Å². The molecule has 27 heavy (non-hydrogen) atoms. The number of carbonyl (C=O) groups is 2. The number of nitrogens with one attached hydrogen (secondary N) is 1. The predicted octanol–water partition coefficient (Wildman–Crippen LogP) is 3.67.